The quantitative estimate of drug-likeness (QED) is 0.789. The molecule has 0 heterocycles. The van der Waals surface area contributed by atoms with Crippen molar-refractivity contribution in [3.8, 4) is 0 Å². The lowest BCUT2D eigenvalue weighted by molar-refractivity contribution is -0.159. The van der Waals surface area contributed by atoms with Gasteiger partial charge in [-0.15, -0.1) is 0 Å². The van der Waals surface area contributed by atoms with Gasteiger partial charge in [0.05, 0.1) is 12.8 Å². The summed E-state index contributed by atoms with van der Waals surface area (Å²) in [5.41, 5.74) is 0.438. The highest BCUT2D eigenvalue weighted by Crippen LogP contribution is 2.59. The number of carbonyl (C=O) groups excluding carboxylic acids is 1. The van der Waals surface area contributed by atoms with Crippen LogP contribution in [-0.4, -0.2) is 23.1 Å². The van der Waals surface area contributed by atoms with Gasteiger partial charge >= 0.3 is 11.9 Å². The molecular weight excluding hydrogens is 292 g/mol. The van der Waals surface area contributed by atoms with Crippen molar-refractivity contribution in [2.24, 2.45) is 23.2 Å². The number of carboxylic acids is 1. The summed E-state index contributed by atoms with van der Waals surface area (Å²) in [6, 6.07) is 0. The van der Waals surface area contributed by atoms with Crippen LogP contribution in [0.5, 0.6) is 0 Å². The van der Waals surface area contributed by atoms with Crippen LogP contribution < -0.4 is 0 Å². The molecule has 3 aliphatic rings. The minimum atomic E-state index is -0.936. The van der Waals surface area contributed by atoms with Crippen LogP contribution >= 0.6 is 0 Å². The summed E-state index contributed by atoms with van der Waals surface area (Å²) in [5, 5.41) is 8.66. The van der Waals surface area contributed by atoms with E-state index in [1.165, 1.54) is 38.5 Å². The first-order valence-electron chi connectivity index (χ1n) is 9.40. The monoisotopic (exact) mass is 322 g/mol. The molecule has 4 heteroatoms. The van der Waals surface area contributed by atoms with Crippen molar-refractivity contribution in [2.75, 3.05) is 0 Å². The molecule has 0 aromatic carbocycles. The van der Waals surface area contributed by atoms with Crippen LogP contribution in [0.15, 0.2) is 0 Å². The predicted octanol–water partition coefficient (Wildman–Crippen LogP) is 4.17. The molecule has 0 amide bonds. The zero-order chi connectivity index (χ0) is 16.4. The maximum Gasteiger partial charge on any atom is 0.306 e. The SMILES string of the molecule is C[C@]12CC[C@@H](OC(=O)CCC(=O)O)C[C@H]1CC[C@H]1CCCC[C@@H]12. The number of ether oxygens (including phenoxy) is 1. The zero-order valence-corrected chi connectivity index (χ0v) is 14.3. The van der Waals surface area contributed by atoms with E-state index < -0.39 is 5.97 Å². The number of hydrogen-bond donors (Lipinski definition) is 1. The van der Waals surface area contributed by atoms with E-state index in [2.05, 4.69) is 6.92 Å². The van der Waals surface area contributed by atoms with Gasteiger partial charge in [-0.3, -0.25) is 9.59 Å². The molecule has 5 atom stereocenters. The largest absolute Gasteiger partial charge is 0.481 e. The van der Waals surface area contributed by atoms with Gasteiger partial charge in [-0.2, -0.15) is 0 Å². The van der Waals surface area contributed by atoms with Crippen molar-refractivity contribution in [1.29, 1.82) is 0 Å². The molecule has 3 fully saturated rings. The molecule has 4 nitrogen and oxygen atoms in total. The maximum atomic E-state index is 11.8. The third-order valence-corrected chi connectivity index (χ3v) is 6.97. The van der Waals surface area contributed by atoms with Gasteiger partial charge in [0, 0.05) is 0 Å². The minimum absolute atomic E-state index is 0.00152. The third kappa shape index (κ3) is 3.56. The topological polar surface area (TPSA) is 63.6 Å². The van der Waals surface area contributed by atoms with E-state index in [0.29, 0.717) is 11.3 Å². The Hall–Kier alpha value is -1.06. The van der Waals surface area contributed by atoms with Gasteiger partial charge in [0.25, 0.3) is 0 Å². The first-order valence-corrected chi connectivity index (χ1v) is 9.40. The Kier molecular flexibility index (Phi) is 4.98. The smallest absolute Gasteiger partial charge is 0.306 e. The highest BCUT2D eigenvalue weighted by Gasteiger charge is 2.51. The van der Waals surface area contributed by atoms with Gasteiger partial charge in [-0.05, 0) is 61.7 Å². The predicted molar refractivity (Wildman–Crippen MR) is 86.9 cm³/mol. The fourth-order valence-corrected chi connectivity index (χ4v) is 5.71. The molecule has 130 valence electrons. The fourth-order valence-electron chi connectivity index (χ4n) is 5.71. The Balaban J connectivity index is 1.56. The Labute approximate surface area is 139 Å². The first kappa shape index (κ1) is 16.8. The number of aliphatic carboxylic acids is 1. The number of carbonyl (C=O) groups is 2. The summed E-state index contributed by atoms with van der Waals surface area (Å²) in [4.78, 5) is 22.4. The highest BCUT2D eigenvalue weighted by molar-refractivity contribution is 5.76. The van der Waals surface area contributed by atoms with Gasteiger partial charge in [-0.25, -0.2) is 0 Å². The van der Waals surface area contributed by atoms with E-state index in [0.717, 1.165) is 31.1 Å². The molecule has 0 aromatic rings. The molecule has 0 bridgehead atoms. The minimum Gasteiger partial charge on any atom is -0.481 e. The third-order valence-electron chi connectivity index (χ3n) is 6.97. The van der Waals surface area contributed by atoms with E-state index in [9.17, 15) is 9.59 Å². The molecule has 23 heavy (non-hydrogen) atoms. The van der Waals surface area contributed by atoms with E-state index in [-0.39, 0.29) is 24.9 Å². The molecule has 0 aromatic heterocycles. The number of rotatable bonds is 4. The summed E-state index contributed by atoms with van der Waals surface area (Å²) in [5.74, 6) is 1.20. The van der Waals surface area contributed by atoms with E-state index in [1.807, 2.05) is 0 Å². The lowest BCUT2D eigenvalue weighted by Crippen LogP contribution is -2.49. The number of carboxylic acid groups (broad SMARTS) is 1. The van der Waals surface area contributed by atoms with Crippen molar-refractivity contribution in [1.82, 2.24) is 0 Å². The molecule has 1 N–H and O–H groups in total. The molecule has 0 spiro atoms. The Morgan fingerprint density at radius 3 is 2.65 bits per heavy atom. The van der Waals surface area contributed by atoms with Crippen molar-refractivity contribution in [2.45, 2.75) is 83.7 Å². The summed E-state index contributed by atoms with van der Waals surface area (Å²) in [6.45, 7) is 2.49. The van der Waals surface area contributed by atoms with Crippen LogP contribution in [0.25, 0.3) is 0 Å². The molecule has 3 rings (SSSR count). The van der Waals surface area contributed by atoms with Gasteiger partial charge in [0.15, 0.2) is 0 Å². The number of fused-ring (bicyclic) bond motifs is 3. The second-order valence-electron chi connectivity index (χ2n) is 8.21. The van der Waals surface area contributed by atoms with Gasteiger partial charge in [-0.1, -0.05) is 26.2 Å². The fraction of sp³-hybridized carbons (Fsp3) is 0.895. The summed E-state index contributed by atoms with van der Waals surface area (Å²) in [7, 11) is 0. The summed E-state index contributed by atoms with van der Waals surface area (Å²) < 4.78 is 5.57. The van der Waals surface area contributed by atoms with Crippen LogP contribution in [0.3, 0.4) is 0 Å². The van der Waals surface area contributed by atoms with Gasteiger partial charge in [0.1, 0.15) is 6.10 Å². The van der Waals surface area contributed by atoms with Crippen LogP contribution in [0, 0.1) is 23.2 Å². The van der Waals surface area contributed by atoms with Crippen LogP contribution in [0.4, 0.5) is 0 Å². The molecular formula is C19H30O4. The average Bonchev–Trinajstić information content (AvgIpc) is 2.53. The van der Waals surface area contributed by atoms with Crippen molar-refractivity contribution in [3.63, 3.8) is 0 Å². The number of esters is 1. The summed E-state index contributed by atoms with van der Waals surface area (Å²) in [6.07, 6.45) is 11.2. The normalized spacial score (nSPS) is 39.9. The molecule has 3 aliphatic carbocycles. The second kappa shape index (κ2) is 6.82. The highest BCUT2D eigenvalue weighted by atomic mass is 16.5. The van der Waals surface area contributed by atoms with Gasteiger partial charge in [0.2, 0.25) is 0 Å². The number of hydrogen-bond acceptors (Lipinski definition) is 3. The zero-order valence-electron chi connectivity index (χ0n) is 14.3. The first-order chi connectivity index (χ1) is 11.0. The standard InChI is InChI=1S/C19H30O4/c1-19-11-10-15(23-18(22)9-8-17(20)21)12-14(19)7-6-13-4-2-3-5-16(13)19/h13-16H,2-12H2,1H3,(H,20,21)/t13-,14-,15-,16+,19+/m1/s1. The molecule has 0 aliphatic heterocycles. The molecule has 0 unspecified atom stereocenters. The van der Waals surface area contributed by atoms with Crippen molar-refractivity contribution >= 4 is 11.9 Å². The Bertz CT molecular complexity index is 460. The van der Waals surface area contributed by atoms with Crippen LogP contribution in [0.2, 0.25) is 0 Å². The summed E-state index contributed by atoms with van der Waals surface area (Å²) >= 11 is 0. The molecule has 0 radical (unpaired) electrons. The second-order valence-corrected chi connectivity index (χ2v) is 8.21. The van der Waals surface area contributed by atoms with Crippen molar-refractivity contribution < 1.29 is 19.4 Å². The lowest BCUT2D eigenvalue weighted by atomic mass is 9.49. The van der Waals surface area contributed by atoms with E-state index in [4.69, 9.17) is 9.84 Å². The van der Waals surface area contributed by atoms with Gasteiger partial charge < -0.3 is 9.84 Å². The molecule has 0 saturated heterocycles. The van der Waals surface area contributed by atoms with Crippen LogP contribution in [0.1, 0.15) is 77.6 Å². The van der Waals surface area contributed by atoms with Crippen LogP contribution in [-0.2, 0) is 14.3 Å². The van der Waals surface area contributed by atoms with E-state index in [1.54, 1.807) is 0 Å². The van der Waals surface area contributed by atoms with E-state index >= 15 is 0 Å². The lowest BCUT2D eigenvalue weighted by Gasteiger charge is -2.56. The average molecular weight is 322 g/mol. The Morgan fingerprint density at radius 1 is 1.09 bits per heavy atom. The maximum absolute atomic E-state index is 11.8. The van der Waals surface area contributed by atoms with Crippen molar-refractivity contribution in [3.05, 3.63) is 0 Å². The Morgan fingerprint density at radius 2 is 1.87 bits per heavy atom. The molecule has 3 saturated carbocycles.